The van der Waals surface area contributed by atoms with Crippen LogP contribution in [0.1, 0.15) is 87.9 Å². The molecule has 5 nitrogen and oxygen atoms in total. The van der Waals surface area contributed by atoms with E-state index in [0.29, 0.717) is 28.6 Å². The largest absolute Gasteiger partial charge is 0.497 e. The SMILES string of the molecule is COc1ccc2ncc(CF)c([C@@H](F)CCC3(CC(=O)O)CCN(CCC4CCCCC4)CC3)c2c1. The number of fused-ring (bicyclic) bond motifs is 1. The minimum Gasteiger partial charge on any atom is -0.497 e. The van der Waals surface area contributed by atoms with Crippen LogP contribution in [0.4, 0.5) is 8.78 Å². The molecule has 0 radical (unpaired) electrons. The number of nitrogens with zero attached hydrogens (tertiary/aromatic N) is 2. The van der Waals surface area contributed by atoms with E-state index in [1.54, 1.807) is 18.2 Å². The lowest BCUT2D eigenvalue weighted by Crippen LogP contribution is -2.42. The molecule has 1 saturated carbocycles. The van der Waals surface area contributed by atoms with Crippen LogP contribution in [0.25, 0.3) is 10.9 Å². The van der Waals surface area contributed by atoms with E-state index in [-0.39, 0.29) is 18.4 Å². The van der Waals surface area contributed by atoms with Gasteiger partial charge in [-0.1, -0.05) is 32.1 Å². The molecular weight excluding hydrogens is 462 g/mol. The molecule has 2 fully saturated rings. The van der Waals surface area contributed by atoms with Crippen molar-refractivity contribution >= 4 is 16.9 Å². The lowest BCUT2D eigenvalue weighted by Gasteiger charge is -2.42. The summed E-state index contributed by atoms with van der Waals surface area (Å²) < 4.78 is 34.9. The van der Waals surface area contributed by atoms with E-state index in [0.717, 1.165) is 38.4 Å². The molecule has 4 rings (SSSR count). The molecule has 1 aliphatic carbocycles. The average molecular weight is 503 g/mol. The zero-order valence-corrected chi connectivity index (χ0v) is 21.5. The molecule has 0 spiro atoms. The molecule has 1 aliphatic heterocycles. The fourth-order valence-electron chi connectivity index (χ4n) is 6.34. The van der Waals surface area contributed by atoms with Gasteiger partial charge in [-0.15, -0.1) is 0 Å². The van der Waals surface area contributed by atoms with Gasteiger partial charge in [0.05, 0.1) is 19.0 Å². The van der Waals surface area contributed by atoms with Crippen LogP contribution in [-0.2, 0) is 11.5 Å². The van der Waals surface area contributed by atoms with Crippen molar-refractivity contribution in [3.63, 3.8) is 0 Å². The number of rotatable bonds is 11. The van der Waals surface area contributed by atoms with Crippen molar-refractivity contribution in [1.29, 1.82) is 0 Å². The number of aliphatic carboxylic acids is 1. The number of carboxylic acids is 1. The summed E-state index contributed by atoms with van der Waals surface area (Å²) in [5, 5.41) is 10.2. The first-order chi connectivity index (χ1) is 17.4. The van der Waals surface area contributed by atoms with Crippen molar-refractivity contribution in [2.24, 2.45) is 11.3 Å². The van der Waals surface area contributed by atoms with Crippen LogP contribution >= 0.6 is 0 Å². The van der Waals surface area contributed by atoms with Gasteiger partial charge in [0.1, 0.15) is 18.6 Å². The summed E-state index contributed by atoms with van der Waals surface area (Å²) in [6, 6.07) is 5.22. The molecule has 2 aliphatic rings. The Bertz CT molecular complexity index is 1010. The number of piperidine rings is 1. The van der Waals surface area contributed by atoms with Crippen LogP contribution in [0.5, 0.6) is 5.75 Å². The zero-order chi connectivity index (χ0) is 25.5. The maximum Gasteiger partial charge on any atom is 0.303 e. The molecule has 0 unspecified atom stereocenters. The third-order valence-corrected chi connectivity index (χ3v) is 8.61. The average Bonchev–Trinajstić information content (AvgIpc) is 2.90. The Hall–Kier alpha value is -2.28. The number of halogens is 2. The minimum atomic E-state index is -1.40. The van der Waals surface area contributed by atoms with Crippen LogP contribution in [0, 0.1) is 11.3 Å². The number of benzene rings is 1. The highest BCUT2D eigenvalue weighted by Gasteiger charge is 2.37. The van der Waals surface area contributed by atoms with E-state index in [2.05, 4.69) is 9.88 Å². The van der Waals surface area contributed by atoms with E-state index in [1.807, 2.05) is 0 Å². The van der Waals surface area contributed by atoms with Crippen LogP contribution in [0.15, 0.2) is 24.4 Å². The van der Waals surface area contributed by atoms with Crippen molar-refractivity contribution < 1.29 is 23.4 Å². The molecule has 7 heteroatoms. The van der Waals surface area contributed by atoms with Gasteiger partial charge >= 0.3 is 5.97 Å². The molecule has 0 amide bonds. The summed E-state index contributed by atoms with van der Waals surface area (Å²) in [6.45, 7) is 2.00. The molecule has 1 N–H and O–H groups in total. The number of ether oxygens (including phenoxy) is 1. The van der Waals surface area contributed by atoms with Crippen molar-refractivity contribution in [3.8, 4) is 5.75 Å². The molecule has 36 heavy (non-hydrogen) atoms. The van der Waals surface area contributed by atoms with Gasteiger partial charge in [0.25, 0.3) is 0 Å². The molecule has 1 saturated heterocycles. The van der Waals surface area contributed by atoms with Crippen molar-refractivity contribution in [2.75, 3.05) is 26.7 Å². The third-order valence-electron chi connectivity index (χ3n) is 8.61. The van der Waals surface area contributed by atoms with Gasteiger partial charge in [-0.05, 0) is 81.3 Å². The summed E-state index contributed by atoms with van der Waals surface area (Å²) >= 11 is 0. The summed E-state index contributed by atoms with van der Waals surface area (Å²) in [4.78, 5) is 18.5. The molecule has 0 bridgehead atoms. The van der Waals surface area contributed by atoms with E-state index < -0.39 is 24.2 Å². The monoisotopic (exact) mass is 502 g/mol. The third kappa shape index (κ3) is 6.53. The van der Waals surface area contributed by atoms with Gasteiger partial charge in [0, 0.05) is 22.7 Å². The van der Waals surface area contributed by atoms with Crippen molar-refractivity contribution in [3.05, 3.63) is 35.5 Å². The lowest BCUT2D eigenvalue weighted by molar-refractivity contribution is -0.141. The second kappa shape index (κ2) is 12.3. The predicted octanol–water partition coefficient (Wildman–Crippen LogP) is 7.03. The number of aromatic nitrogens is 1. The standard InChI is InChI=1S/C29H40F2N2O3/c1-36-23-7-8-26-24(17-23)28(22(19-30)20-32-26)25(31)9-11-29(18-27(34)35)12-15-33(16-13-29)14-10-21-5-3-2-4-6-21/h7-8,17,20-21,25H,2-6,9-16,18-19H2,1H3,(H,34,35)/t25-/m0/s1. The zero-order valence-electron chi connectivity index (χ0n) is 21.5. The molecule has 198 valence electrons. The lowest BCUT2D eigenvalue weighted by atomic mass is 9.71. The molecule has 2 heterocycles. The Morgan fingerprint density at radius 1 is 1.25 bits per heavy atom. The second-order valence-corrected chi connectivity index (χ2v) is 10.9. The summed E-state index contributed by atoms with van der Waals surface area (Å²) in [5.74, 6) is 0.566. The van der Waals surface area contributed by atoms with Gasteiger partial charge in [0.2, 0.25) is 0 Å². The summed E-state index contributed by atoms with van der Waals surface area (Å²) in [7, 11) is 1.54. The number of hydrogen-bond donors (Lipinski definition) is 1. The molecule has 1 atom stereocenters. The Morgan fingerprint density at radius 3 is 2.67 bits per heavy atom. The number of hydrogen-bond acceptors (Lipinski definition) is 4. The van der Waals surface area contributed by atoms with E-state index in [4.69, 9.17) is 4.74 Å². The number of carbonyl (C=O) groups is 1. The van der Waals surface area contributed by atoms with Crippen molar-refractivity contribution in [1.82, 2.24) is 9.88 Å². The quantitative estimate of drug-likeness (QED) is 0.357. The van der Waals surface area contributed by atoms with Crippen molar-refractivity contribution in [2.45, 2.75) is 83.5 Å². The van der Waals surface area contributed by atoms with E-state index >= 15 is 4.39 Å². The topological polar surface area (TPSA) is 62.7 Å². The summed E-state index contributed by atoms with van der Waals surface area (Å²) in [5.41, 5.74) is 0.732. The van der Waals surface area contributed by atoms with Crippen LogP contribution in [0.2, 0.25) is 0 Å². The number of alkyl halides is 2. The second-order valence-electron chi connectivity index (χ2n) is 10.9. The Kier molecular flexibility index (Phi) is 9.15. The first-order valence-corrected chi connectivity index (χ1v) is 13.5. The fourth-order valence-corrected chi connectivity index (χ4v) is 6.34. The smallest absolute Gasteiger partial charge is 0.303 e. The maximum absolute atomic E-state index is 15.8. The fraction of sp³-hybridized carbons (Fsp3) is 0.655. The molecule has 2 aromatic rings. The van der Waals surface area contributed by atoms with Crippen LogP contribution in [0.3, 0.4) is 0 Å². The summed E-state index contributed by atoms with van der Waals surface area (Å²) in [6.07, 6.45) is 10.2. The Labute approximate surface area is 213 Å². The van der Waals surface area contributed by atoms with Gasteiger partial charge < -0.3 is 14.7 Å². The first kappa shape index (κ1) is 26.8. The number of methoxy groups -OCH3 is 1. The number of likely N-dealkylation sites (tertiary alicyclic amines) is 1. The normalized spacial score (nSPS) is 19.9. The van der Waals surface area contributed by atoms with Gasteiger partial charge in [-0.25, -0.2) is 8.78 Å². The highest BCUT2D eigenvalue weighted by Crippen LogP contribution is 2.43. The van der Waals surface area contributed by atoms with Gasteiger partial charge in [0.15, 0.2) is 0 Å². The van der Waals surface area contributed by atoms with E-state index in [1.165, 1.54) is 51.8 Å². The Morgan fingerprint density at radius 2 is 2.00 bits per heavy atom. The van der Waals surface area contributed by atoms with Gasteiger partial charge in [-0.3, -0.25) is 9.78 Å². The maximum atomic E-state index is 15.8. The van der Waals surface area contributed by atoms with E-state index in [9.17, 15) is 14.3 Å². The van der Waals surface area contributed by atoms with Gasteiger partial charge in [-0.2, -0.15) is 0 Å². The van der Waals surface area contributed by atoms with Crippen LogP contribution < -0.4 is 4.74 Å². The highest BCUT2D eigenvalue weighted by atomic mass is 19.1. The van der Waals surface area contributed by atoms with Crippen LogP contribution in [-0.4, -0.2) is 47.7 Å². The molecule has 1 aromatic heterocycles. The minimum absolute atomic E-state index is 0.0526. The first-order valence-electron chi connectivity index (χ1n) is 13.5. The Balaban J connectivity index is 1.43. The number of carboxylic acid groups (broad SMARTS) is 1. The predicted molar refractivity (Wildman–Crippen MR) is 138 cm³/mol. The molecule has 1 aromatic carbocycles. The highest BCUT2D eigenvalue weighted by molar-refractivity contribution is 5.85. The molecular formula is C29H40F2N2O3. The number of pyridine rings is 1.